The molecule has 2 amide bonds. The first-order valence-electron chi connectivity index (χ1n) is 10.3. The standard InChI is InChI=1S/C25H21ClN2O4S/c1-15(17-11-6-8-16-7-2-3-9-18(16)17)28-21(29)14-32-22(30)13-27-25(31)24-23(26)19-10-4-5-12-20(19)33-24/h2-12,15H,13-14H2,1H3,(H,27,31)(H,28,29). The third kappa shape index (κ3) is 5.16. The van der Waals surface area contributed by atoms with Gasteiger partial charge < -0.3 is 15.4 Å². The molecule has 8 heteroatoms. The minimum absolute atomic E-state index is 0.267. The lowest BCUT2D eigenvalue weighted by molar-refractivity contribution is -0.147. The van der Waals surface area contributed by atoms with Gasteiger partial charge in [0.2, 0.25) is 0 Å². The molecule has 0 saturated heterocycles. The highest BCUT2D eigenvalue weighted by atomic mass is 35.5. The number of benzene rings is 3. The molecule has 1 unspecified atom stereocenters. The number of hydrogen-bond acceptors (Lipinski definition) is 5. The van der Waals surface area contributed by atoms with Gasteiger partial charge in [0, 0.05) is 10.1 Å². The topological polar surface area (TPSA) is 84.5 Å². The Morgan fingerprint density at radius 3 is 2.45 bits per heavy atom. The molecule has 0 bridgehead atoms. The van der Waals surface area contributed by atoms with Gasteiger partial charge in [-0.3, -0.25) is 14.4 Å². The predicted octanol–water partition coefficient (Wildman–Crippen LogP) is 4.86. The Balaban J connectivity index is 1.27. The van der Waals surface area contributed by atoms with Gasteiger partial charge in [0.1, 0.15) is 11.4 Å². The molecule has 4 aromatic rings. The molecule has 3 aromatic carbocycles. The maximum absolute atomic E-state index is 12.4. The van der Waals surface area contributed by atoms with Crippen molar-refractivity contribution in [1.82, 2.24) is 10.6 Å². The van der Waals surface area contributed by atoms with Crippen molar-refractivity contribution in [3.63, 3.8) is 0 Å². The molecule has 1 atom stereocenters. The lowest BCUT2D eigenvalue weighted by Gasteiger charge is -2.16. The summed E-state index contributed by atoms with van der Waals surface area (Å²) in [6, 6.07) is 20.9. The van der Waals surface area contributed by atoms with E-state index >= 15 is 0 Å². The Hall–Kier alpha value is -3.42. The summed E-state index contributed by atoms with van der Waals surface area (Å²) in [6.07, 6.45) is 0. The number of hydrogen-bond donors (Lipinski definition) is 2. The highest BCUT2D eigenvalue weighted by Gasteiger charge is 2.18. The van der Waals surface area contributed by atoms with Crippen molar-refractivity contribution in [2.75, 3.05) is 13.2 Å². The monoisotopic (exact) mass is 480 g/mol. The van der Waals surface area contributed by atoms with Crippen molar-refractivity contribution in [1.29, 1.82) is 0 Å². The Morgan fingerprint density at radius 1 is 0.970 bits per heavy atom. The van der Waals surface area contributed by atoms with Gasteiger partial charge in [-0.25, -0.2) is 0 Å². The summed E-state index contributed by atoms with van der Waals surface area (Å²) < 4.78 is 5.89. The Bertz CT molecular complexity index is 1350. The van der Waals surface area contributed by atoms with E-state index < -0.39 is 24.4 Å². The van der Waals surface area contributed by atoms with Crippen LogP contribution in [0.15, 0.2) is 66.7 Å². The zero-order chi connectivity index (χ0) is 23.4. The van der Waals surface area contributed by atoms with Crippen LogP contribution in [0.4, 0.5) is 0 Å². The van der Waals surface area contributed by atoms with E-state index in [1.807, 2.05) is 73.7 Å². The molecule has 4 rings (SSSR count). The molecule has 168 valence electrons. The SMILES string of the molecule is CC(NC(=O)COC(=O)CNC(=O)c1sc2ccccc2c1Cl)c1cccc2ccccc12. The summed E-state index contributed by atoms with van der Waals surface area (Å²) in [6.45, 7) is 1.07. The van der Waals surface area contributed by atoms with Gasteiger partial charge in [-0.2, -0.15) is 0 Å². The molecule has 0 aliphatic carbocycles. The molecule has 0 saturated carbocycles. The van der Waals surface area contributed by atoms with Crippen LogP contribution in [0.25, 0.3) is 20.9 Å². The predicted molar refractivity (Wildman–Crippen MR) is 131 cm³/mol. The van der Waals surface area contributed by atoms with Crippen molar-refractivity contribution in [2.45, 2.75) is 13.0 Å². The van der Waals surface area contributed by atoms with Crippen LogP contribution in [0.5, 0.6) is 0 Å². The Kier molecular flexibility index (Phi) is 6.91. The largest absolute Gasteiger partial charge is 0.454 e. The maximum Gasteiger partial charge on any atom is 0.325 e. The van der Waals surface area contributed by atoms with Gasteiger partial charge >= 0.3 is 5.97 Å². The number of carbonyl (C=O) groups excluding carboxylic acids is 3. The van der Waals surface area contributed by atoms with Crippen LogP contribution in [0.1, 0.15) is 28.2 Å². The number of esters is 1. The van der Waals surface area contributed by atoms with Crippen LogP contribution < -0.4 is 10.6 Å². The van der Waals surface area contributed by atoms with Crippen LogP contribution in [-0.4, -0.2) is 30.9 Å². The first-order chi connectivity index (χ1) is 15.9. The highest BCUT2D eigenvalue weighted by molar-refractivity contribution is 7.21. The number of thiophene rings is 1. The lowest BCUT2D eigenvalue weighted by Crippen LogP contribution is -2.34. The number of ether oxygens (including phenoxy) is 1. The Morgan fingerprint density at radius 2 is 1.67 bits per heavy atom. The number of carbonyl (C=O) groups is 3. The van der Waals surface area contributed by atoms with E-state index in [0.717, 1.165) is 26.4 Å². The summed E-state index contributed by atoms with van der Waals surface area (Å²) in [5.41, 5.74) is 0.972. The van der Waals surface area contributed by atoms with E-state index in [-0.39, 0.29) is 12.6 Å². The average Bonchev–Trinajstić information content (AvgIpc) is 3.17. The van der Waals surface area contributed by atoms with Crippen LogP contribution in [-0.2, 0) is 14.3 Å². The fourth-order valence-electron chi connectivity index (χ4n) is 3.58. The average molecular weight is 481 g/mol. The second kappa shape index (κ2) is 10.0. The maximum atomic E-state index is 12.4. The molecule has 2 N–H and O–H groups in total. The molecule has 0 aliphatic heterocycles. The number of amides is 2. The molecule has 0 fully saturated rings. The smallest absolute Gasteiger partial charge is 0.325 e. The summed E-state index contributed by atoms with van der Waals surface area (Å²) in [5.74, 6) is -1.61. The first kappa shape index (κ1) is 22.8. The van der Waals surface area contributed by atoms with Gasteiger partial charge in [0.05, 0.1) is 11.1 Å². The molecule has 6 nitrogen and oxygen atoms in total. The molecule has 0 radical (unpaired) electrons. The molecular weight excluding hydrogens is 460 g/mol. The van der Waals surface area contributed by atoms with Gasteiger partial charge in [0.15, 0.2) is 6.61 Å². The van der Waals surface area contributed by atoms with Crippen LogP contribution in [0.2, 0.25) is 5.02 Å². The van der Waals surface area contributed by atoms with Gasteiger partial charge in [-0.1, -0.05) is 72.3 Å². The second-order valence-electron chi connectivity index (χ2n) is 7.44. The minimum atomic E-state index is -0.714. The fraction of sp³-hybridized carbons (Fsp3) is 0.160. The van der Waals surface area contributed by atoms with Crippen molar-refractivity contribution < 1.29 is 19.1 Å². The van der Waals surface area contributed by atoms with Crippen molar-refractivity contribution in [3.8, 4) is 0 Å². The van der Waals surface area contributed by atoms with E-state index in [2.05, 4.69) is 10.6 Å². The van der Waals surface area contributed by atoms with E-state index in [0.29, 0.717) is 9.90 Å². The van der Waals surface area contributed by atoms with Gasteiger partial charge in [0.25, 0.3) is 11.8 Å². The zero-order valence-electron chi connectivity index (χ0n) is 17.8. The lowest BCUT2D eigenvalue weighted by atomic mass is 10.00. The molecule has 0 aliphatic rings. The first-order valence-corrected chi connectivity index (χ1v) is 11.5. The normalized spacial score (nSPS) is 11.8. The third-order valence-corrected chi connectivity index (χ3v) is 6.84. The third-order valence-electron chi connectivity index (χ3n) is 5.17. The van der Waals surface area contributed by atoms with Crippen LogP contribution >= 0.6 is 22.9 Å². The van der Waals surface area contributed by atoms with Gasteiger partial charge in [-0.15, -0.1) is 11.3 Å². The van der Waals surface area contributed by atoms with Crippen LogP contribution in [0, 0.1) is 0 Å². The Labute approximate surface area is 199 Å². The van der Waals surface area contributed by atoms with Crippen LogP contribution in [0.3, 0.4) is 0 Å². The van der Waals surface area contributed by atoms with E-state index in [1.165, 1.54) is 11.3 Å². The van der Waals surface area contributed by atoms with Crippen molar-refractivity contribution in [3.05, 3.63) is 82.2 Å². The molecule has 1 heterocycles. The molecule has 1 aromatic heterocycles. The van der Waals surface area contributed by atoms with Crippen molar-refractivity contribution >= 4 is 61.6 Å². The van der Waals surface area contributed by atoms with E-state index in [1.54, 1.807) is 0 Å². The van der Waals surface area contributed by atoms with E-state index in [9.17, 15) is 14.4 Å². The number of nitrogens with one attached hydrogen (secondary N) is 2. The number of halogens is 1. The number of fused-ring (bicyclic) bond motifs is 2. The quantitative estimate of drug-likeness (QED) is 0.370. The highest BCUT2D eigenvalue weighted by Crippen LogP contribution is 2.34. The zero-order valence-corrected chi connectivity index (χ0v) is 19.3. The fourth-order valence-corrected chi connectivity index (χ4v) is 5.01. The summed E-state index contributed by atoms with van der Waals surface area (Å²) >= 11 is 7.53. The second-order valence-corrected chi connectivity index (χ2v) is 8.87. The molecule has 33 heavy (non-hydrogen) atoms. The molecular formula is C25H21ClN2O4S. The summed E-state index contributed by atoms with van der Waals surface area (Å²) in [4.78, 5) is 37.0. The summed E-state index contributed by atoms with van der Waals surface area (Å²) in [7, 11) is 0. The number of rotatable bonds is 7. The van der Waals surface area contributed by atoms with Gasteiger partial charge in [-0.05, 0) is 29.3 Å². The summed E-state index contributed by atoms with van der Waals surface area (Å²) in [5, 5.41) is 8.59. The van der Waals surface area contributed by atoms with E-state index in [4.69, 9.17) is 16.3 Å². The minimum Gasteiger partial charge on any atom is -0.454 e. The van der Waals surface area contributed by atoms with Crippen molar-refractivity contribution in [2.24, 2.45) is 0 Å². The molecule has 0 spiro atoms.